The number of nitrogens with zero attached hydrogens (tertiary/aromatic N) is 3. The van der Waals surface area contributed by atoms with Crippen molar-refractivity contribution in [1.82, 2.24) is 20.5 Å². The van der Waals surface area contributed by atoms with Crippen LogP contribution in [0.25, 0.3) is 0 Å². The van der Waals surface area contributed by atoms with Crippen LogP contribution in [0, 0.1) is 12.8 Å². The minimum atomic E-state index is 0.489. The second-order valence-corrected chi connectivity index (χ2v) is 7.34. The molecule has 0 saturated carbocycles. The van der Waals surface area contributed by atoms with Crippen molar-refractivity contribution in [3.05, 3.63) is 16.1 Å². The van der Waals surface area contributed by atoms with Crippen molar-refractivity contribution in [2.75, 3.05) is 39.4 Å². The predicted molar refractivity (Wildman–Crippen MR) is 101 cm³/mol. The van der Waals surface area contributed by atoms with E-state index in [1.165, 1.54) is 4.88 Å². The van der Waals surface area contributed by atoms with E-state index in [0.717, 1.165) is 51.0 Å². The monoisotopic (exact) mass is 353 g/mol. The van der Waals surface area contributed by atoms with Gasteiger partial charge in [-0.1, -0.05) is 13.8 Å². The predicted octanol–water partition coefficient (Wildman–Crippen LogP) is 1.86. The third-order valence-electron chi connectivity index (χ3n) is 4.33. The first kappa shape index (κ1) is 19.1. The summed E-state index contributed by atoms with van der Waals surface area (Å²) in [5, 5.41) is 6.86. The van der Waals surface area contributed by atoms with Crippen LogP contribution >= 0.6 is 11.3 Å². The van der Waals surface area contributed by atoms with Crippen LogP contribution in [0.5, 0.6) is 0 Å². The number of guanidine groups is 1. The summed E-state index contributed by atoms with van der Waals surface area (Å²) in [7, 11) is 0. The molecule has 1 aliphatic heterocycles. The van der Waals surface area contributed by atoms with Crippen LogP contribution in [0.2, 0.25) is 0 Å². The van der Waals surface area contributed by atoms with Gasteiger partial charge < -0.3 is 15.4 Å². The molecule has 136 valence electrons. The Hall–Kier alpha value is -1.18. The number of rotatable bonds is 7. The fraction of sp³-hybridized carbons (Fsp3) is 0.765. The van der Waals surface area contributed by atoms with E-state index < -0.39 is 0 Å². The quantitative estimate of drug-likeness (QED) is 0.579. The highest BCUT2D eigenvalue weighted by Gasteiger charge is 2.23. The first-order chi connectivity index (χ1) is 11.6. The van der Waals surface area contributed by atoms with Crippen molar-refractivity contribution < 1.29 is 4.74 Å². The first-order valence-corrected chi connectivity index (χ1v) is 9.72. The molecular weight excluding hydrogens is 322 g/mol. The Bertz CT molecular complexity index is 511. The van der Waals surface area contributed by atoms with Crippen LogP contribution in [0.4, 0.5) is 0 Å². The van der Waals surface area contributed by atoms with E-state index >= 15 is 0 Å². The summed E-state index contributed by atoms with van der Waals surface area (Å²) in [4.78, 5) is 12.8. The molecule has 24 heavy (non-hydrogen) atoms. The largest absolute Gasteiger partial charge is 0.379 e. The number of ether oxygens (including phenoxy) is 1. The molecule has 1 fully saturated rings. The molecular formula is C17H31N5OS. The van der Waals surface area contributed by atoms with Crippen LogP contribution in [-0.2, 0) is 11.3 Å². The molecule has 0 aromatic carbocycles. The van der Waals surface area contributed by atoms with Gasteiger partial charge in [0.15, 0.2) is 5.96 Å². The molecule has 1 saturated heterocycles. The smallest absolute Gasteiger partial charge is 0.191 e. The molecule has 1 atom stereocenters. The van der Waals surface area contributed by atoms with Gasteiger partial charge in [0.25, 0.3) is 0 Å². The van der Waals surface area contributed by atoms with Crippen molar-refractivity contribution in [3.8, 4) is 0 Å². The van der Waals surface area contributed by atoms with Crippen molar-refractivity contribution in [2.45, 2.75) is 40.3 Å². The number of hydrogen-bond acceptors (Lipinski definition) is 5. The number of nitrogens with one attached hydrogen (secondary N) is 2. The van der Waals surface area contributed by atoms with Gasteiger partial charge in [0.1, 0.15) is 0 Å². The first-order valence-electron chi connectivity index (χ1n) is 8.84. The summed E-state index contributed by atoms with van der Waals surface area (Å²) < 4.78 is 5.48. The van der Waals surface area contributed by atoms with Crippen molar-refractivity contribution in [1.29, 1.82) is 0 Å². The van der Waals surface area contributed by atoms with Gasteiger partial charge in [-0.3, -0.25) is 4.90 Å². The fourth-order valence-corrected chi connectivity index (χ4v) is 3.57. The van der Waals surface area contributed by atoms with E-state index in [0.29, 0.717) is 18.5 Å². The zero-order chi connectivity index (χ0) is 17.4. The minimum absolute atomic E-state index is 0.489. The summed E-state index contributed by atoms with van der Waals surface area (Å²) in [5.41, 5.74) is 2.96. The molecule has 0 amide bonds. The number of morpholine rings is 1. The lowest BCUT2D eigenvalue weighted by Gasteiger charge is -2.37. The maximum atomic E-state index is 5.48. The Balaban J connectivity index is 1.93. The molecule has 0 bridgehead atoms. The zero-order valence-corrected chi connectivity index (χ0v) is 16.2. The van der Waals surface area contributed by atoms with E-state index in [4.69, 9.17) is 9.73 Å². The molecule has 7 heteroatoms. The Morgan fingerprint density at radius 2 is 2.12 bits per heavy atom. The third-order valence-corrected chi connectivity index (χ3v) is 5.25. The molecule has 0 aliphatic carbocycles. The molecule has 1 aliphatic rings. The van der Waals surface area contributed by atoms with Gasteiger partial charge in [-0.25, -0.2) is 9.98 Å². The molecule has 1 aromatic rings. The van der Waals surface area contributed by atoms with Gasteiger partial charge in [0.2, 0.25) is 0 Å². The van der Waals surface area contributed by atoms with Crippen LogP contribution in [-0.4, -0.2) is 61.3 Å². The minimum Gasteiger partial charge on any atom is -0.379 e. The average Bonchev–Trinajstić information content (AvgIpc) is 2.98. The van der Waals surface area contributed by atoms with Gasteiger partial charge >= 0.3 is 0 Å². The van der Waals surface area contributed by atoms with Crippen molar-refractivity contribution >= 4 is 17.3 Å². The summed E-state index contributed by atoms with van der Waals surface area (Å²) in [6.45, 7) is 14.8. The van der Waals surface area contributed by atoms with E-state index in [1.54, 1.807) is 11.3 Å². The normalized spacial score (nSPS) is 18.0. The number of aliphatic imine (C=N–C) groups is 1. The molecule has 2 heterocycles. The fourth-order valence-electron chi connectivity index (χ4n) is 2.87. The highest BCUT2D eigenvalue weighted by Crippen LogP contribution is 2.14. The second kappa shape index (κ2) is 9.96. The van der Waals surface area contributed by atoms with E-state index in [2.05, 4.69) is 41.3 Å². The molecule has 2 rings (SSSR count). The summed E-state index contributed by atoms with van der Waals surface area (Å²) in [6.07, 6.45) is 0. The van der Waals surface area contributed by atoms with Crippen molar-refractivity contribution in [3.63, 3.8) is 0 Å². The zero-order valence-electron chi connectivity index (χ0n) is 15.3. The van der Waals surface area contributed by atoms with Crippen LogP contribution in [0.1, 0.15) is 31.3 Å². The van der Waals surface area contributed by atoms with Gasteiger partial charge in [-0.05, 0) is 19.8 Å². The SMILES string of the molecule is CCNC(=NCc1scnc1C)NCC(C(C)C)N1CCOCC1. The lowest BCUT2D eigenvalue weighted by Crippen LogP contribution is -2.52. The van der Waals surface area contributed by atoms with Crippen LogP contribution < -0.4 is 10.6 Å². The van der Waals surface area contributed by atoms with E-state index in [9.17, 15) is 0 Å². The van der Waals surface area contributed by atoms with Gasteiger partial charge in [0.05, 0.1) is 31.0 Å². The Labute approximate surface area is 149 Å². The van der Waals surface area contributed by atoms with E-state index in [1.807, 2.05) is 12.4 Å². The molecule has 1 unspecified atom stereocenters. The molecule has 2 N–H and O–H groups in total. The summed E-state index contributed by atoms with van der Waals surface area (Å²) >= 11 is 1.67. The Morgan fingerprint density at radius 3 is 2.71 bits per heavy atom. The summed E-state index contributed by atoms with van der Waals surface area (Å²) in [6, 6.07) is 0.489. The molecule has 0 spiro atoms. The lowest BCUT2D eigenvalue weighted by atomic mass is 10.0. The second-order valence-electron chi connectivity index (χ2n) is 6.40. The topological polar surface area (TPSA) is 61.8 Å². The number of hydrogen-bond donors (Lipinski definition) is 2. The van der Waals surface area contributed by atoms with Crippen LogP contribution in [0.15, 0.2) is 10.5 Å². The van der Waals surface area contributed by atoms with Gasteiger partial charge in [-0.15, -0.1) is 11.3 Å². The number of thiazole rings is 1. The standard InChI is InChI=1S/C17H31N5OS/c1-5-18-17(20-11-16-14(4)21-12-24-16)19-10-15(13(2)3)22-6-8-23-9-7-22/h12-13,15H,5-11H2,1-4H3,(H2,18,19,20). The van der Waals surface area contributed by atoms with Crippen molar-refractivity contribution in [2.24, 2.45) is 10.9 Å². The number of aryl methyl sites for hydroxylation is 1. The molecule has 0 radical (unpaired) electrons. The Kier molecular flexibility index (Phi) is 7.94. The highest BCUT2D eigenvalue weighted by atomic mass is 32.1. The number of aromatic nitrogens is 1. The highest BCUT2D eigenvalue weighted by molar-refractivity contribution is 7.09. The maximum absolute atomic E-state index is 5.48. The lowest BCUT2D eigenvalue weighted by molar-refractivity contribution is 0.00752. The van der Waals surface area contributed by atoms with Gasteiger partial charge in [0, 0.05) is 37.1 Å². The average molecular weight is 354 g/mol. The van der Waals surface area contributed by atoms with E-state index in [-0.39, 0.29) is 0 Å². The maximum Gasteiger partial charge on any atom is 0.191 e. The third kappa shape index (κ3) is 5.72. The molecule has 6 nitrogen and oxygen atoms in total. The molecule has 1 aromatic heterocycles. The van der Waals surface area contributed by atoms with Gasteiger partial charge in [-0.2, -0.15) is 0 Å². The summed E-state index contributed by atoms with van der Waals surface area (Å²) in [5.74, 6) is 1.46. The Morgan fingerprint density at radius 1 is 1.38 bits per heavy atom. The van der Waals surface area contributed by atoms with Crippen LogP contribution in [0.3, 0.4) is 0 Å².